The zero-order valence-corrected chi connectivity index (χ0v) is 11.5. The Morgan fingerprint density at radius 1 is 1.32 bits per heavy atom. The lowest BCUT2D eigenvalue weighted by molar-refractivity contribution is -0.527. The lowest BCUT2D eigenvalue weighted by Gasteiger charge is -2.20. The first kappa shape index (κ1) is 15.3. The van der Waals surface area contributed by atoms with Gasteiger partial charge in [0.1, 0.15) is 5.78 Å². The number of nitrogens with zero attached hydrogens (tertiary/aromatic N) is 1. The molecule has 1 aromatic rings. The highest BCUT2D eigenvalue weighted by Crippen LogP contribution is 2.28. The van der Waals surface area contributed by atoms with E-state index in [1.54, 1.807) is 0 Å². The van der Waals surface area contributed by atoms with Crippen LogP contribution in [0.1, 0.15) is 51.0 Å². The Hall–Kier alpha value is -1.71. The van der Waals surface area contributed by atoms with E-state index in [-0.39, 0.29) is 23.0 Å². The Bertz CT molecular complexity index is 417. The predicted molar refractivity (Wildman–Crippen MR) is 74.8 cm³/mol. The molecule has 1 rings (SSSR count). The van der Waals surface area contributed by atoms with Crippen LogP contribution in [0.5, 0.6) is 0 Å². The fraction of sp³-hybridized carbons (Fsp3) is 0.533. The molecule has 0 saturated carbocycles. The maximum Gasteiger partial charge on any atom is 0.220 e. The number of benzene rings is 1. The average molecular weight is 263 g/mol. The molecule has 0 aromatic heterocycles. The summed E-state index contributed by atoms with van der Waals surface area (Å²) in [6, 6.07) is 8.66. The molecule has 0 aliphatic heterocycles. The largest absolute Gasteiger partial charge is 0.300 e. The van der Waals surface area contributed by atoms with E-state index in [0.717, 1.165) is 18.4 Å². The number of nitro groups is 1. The van der Waals surface area contributed by atoms with E-state index in [1.807, 2.05) is 37.3 Å². The topological polar surface area (TPSA) is 60.2 Å². The van der Waals surface area contributed by atoms with Gasteiger partial charge in [-0.25, -0.2) is 0 Å². The Balaban J connectivity index is 2.99. The minimum atomic E-state index is -0.675. The van der Waals surface area contributed by atoms with Crippen LogP contribution in [0.4, 0.5) is 0 Å². The number of carbonyl (C=O) groups excluding carboxylic acids is 1. The molecule has 0 heterocycles. The van der Waals surface area contributed by atoms with Crippen molar-refractivity contribution in [3.05, 3.63) is 46.0 Å². The van der Waals surface area contributed by atoms with Crippen LogP contribution in [0.15, 0.2) is 30.3 Å². The smallest absolute Gasteiger partial charge is 0.220 e. The Morgan fingerprint density at radius 3 is 2.42 bits per heavy atom. The van der Waals surface area contributed by atoms with Gasteiger partial charge in [0.25, 0.3) is 0 Å². The molecular weight excluding hydrogens is 242 g/mol. The van der Waals surface area contributed by atoms with E-state index < -0.39 is 6.04 Å². The van der Waals surface area contributed by atoms with E-state index in [2.05, 4.69) is 0 Å². The first-order valence-electron chi connectivity index (χ1n) is 6.74. The highest BCUT2D eigenvalue weighted by Gasteiger charge is 2.32. The number of Topliss-reactive ketones (excluding diaryl/α,β-unsaturated/α-hetero) is 1. The molecule has 4 heteroatoms. The number of hydrogen-bond acceptors (Lipinski definition) is 3. The third-order valence-corrected chi connectivity index (χ3v) is 3.32. The van der Waals surface area contributed by atoms with E-state index in [1.165, 1.54) is 6.92 Å². The van der Waals surface area contributed by atoms with Crippen molar-refractivity contribution < 1.29 is 9.72 Å². The second-order valence-corrected chi connectivity index (χ2v) is 4.92. The van der Waals surface area contributed by atoms with Gasteiger partial charge in [0.15, 0.2) is 0 Å². The average Bonchev–Trinajstić information content (AvgIpc) is 2.38. The Morgan fingerprint density at radius 2 is 1.95 bits per heavy atom. The van der Waals surface area contributed by atoms with Crippen molar-refractivity contribution in [3.8, 4) is 0 Å². The van der Waals surface area contributed by atoms with Crippen molar-refractivity contribution in [2.24, 2.45) is 0 Å². The standard InChI is InChI=1S/C15H21NO3/c1-3-4-10-15(16(18)19)14(11-12(2)17)13-8-6-5-7-9-13/h5-9,14-15H,3-4,10-11H2,1-2H3/t14-,15?/m1/s1. The van der Waals surface area contributed by atoms with Crippen LogP contribution in [0.25, 0.3) is 0 Å². The minimum absolute atomic E-state index is 0.00259. The van der Waals surface area contributed by atoms with Crippen LogP contribution in [0.3, 0.4) is 0 Å². The quantitative estimate of drug-likeness (QED) is 0.532. The molecular formula is C15H21NO3. The first-order valence-corrected chi connectivity index (χ1v) is 6.74. The third-order valence-electron chi connectivity index (χ3n) is 3.32. The Labute approximate surface area is 114 Å². The Kier molecular flexibility index (Phi) is 6.19. The molecule has 0 aliphatic carbocycles. The molecule has 1 aromatic carbocycles. The normalized spacial score (nSPS) is 13.8. The van der Waals surface area contributed by atoms with Crippen LogP contribution >= 0.6 is 0 Å². The fourth-order valence-corrected chi connectivity index (χ4v) is 2.35. The summed E-state index contributed by atoms with van der Waals surface area (Å²) in [5, 5.41) is 11.3. The van der Waals surface area contributed by atoms with Crippen molar-refractivity contribution in [1.29, 1.82) is 0 Å². The summed E-state index contributed by atoms with van der Waals surface area (Å²) in [4.78, 5) is 22.5. The number of unbranched alkanes of at least 4 members (excludes halogenated alkanes) is 1. The zero-order chi connectivity index (χ0) is 14.3. The molecule has 0 radical (unpaired) electrons. The monoisotopic (exact) mass is 263 g/mol. The van der Waals surface area contributed by atoms with Gasteiger partial charge in [-0.15, -0.1) is 0 Å². The molecule has 104 valence electrons. The fourth-order valence-electron chi connectivity index (χ4n) is 2.35. The van der Waals surface area contributed by atoms with Crippen molar-refractivity contribution in [3.63, 3.8) is 0 Å². The molecule has 4 nitrogen and oxygen atoms in total. The lowest BCUT2D eigenvalue weighted by Crippen LogP contribution is -2.29. The van der Waals surface area contributed by atoms with Crippen molar-refractivity contribution in [2.45, 2.75) is 51.5 Å². The summed E-state index contributed by atoms with van der Waals surface area (Å²) in [5.41, 5.74) is 0.885. The molecule has 1 unspecified atom stereocenters. The van der Waals surface area contributed by atoms with Crippen LogP contribution < -0.4 is 0 Å². The van der Waals surface area contributed by atoms with Gasteiger partial charge in [0, 0.05) is 17.8 Å². The zero-order valence-electron chi connectivity index (χ0n) is 11.5. The number of carbonyl (C=O) groups is 1. The second-order valence-electron chi connectivity index (χ2n) is 4.92. The summed E-state index contributed by atoms with van der Waals surface area (Å²) >= 11 is 0. The molecule has 0 spiro atoms. The van der Waals surface area contributed by atoms with Crippen molar-refractivity contribution in [1.82, 2.24) is 0 Å². The number of ketones is 1. The summed E-state index contributed by atoms with van der Waals surface area (Å²) < 4.78 is 0. The lowest BCUT2D eigenvalue weighted by atomic mass is 9.85. The highest BCUT2D eigenvalue weighted by atomic mass is 16.6. The van der Waals surface area contributed by atoms with E-state index in [4.69, 9.17) is 0 Å². The molecule has 0 fully saturated rings. The molecule has 0 aliphatic rings. The van der Waals surface area contributed by atoms with E-state index in [9.17, 15) is 14.9 Å². The van der Waals surface area contributed by atoms with Crippen molar-refractivity contribution >= 4 is 5.78 Å². The minimum Gasteiger partial charge on any atom is -0.300 e. The van der Waals surface area contributed by atoms with Gasteiger partial charge in [-0.2, -0.15) is 0 Å². The third kappa shape index (κ3) is 4.81. The van der Waals surface area contributed by atoms with Crippen LogP contribution in [0, 0.1) is 10.1 Å². The van der Waals surface area contributed by atoms with Gasteiger partial charge in [-0.05, 0) is 18.9 Å². The van der Waals surface area contributed by atoms with Gasteiger partial charge in [-0.3, -0.25) is 10.1 Å². The highest BCUT2D eigenvalue weighted by molar-refractivity contribution is 5.76. The predicted octanol–water partition coefficient (Wildman–Crippen LogP) is 3.58. The van der Waals surface area contributed by atoms with Crippen LogP contribution in [-0.2, 0) is 4.79 Å². The van der Waals surface area contributed by atoms with Gasteiger partial charge < -0.3 is 4.79 Å². The van der Waals surface area contributed by atoms with Crippen LogP contribution in [0.2, 0.25) is 0 Å². The van der Waals surface area contributed by atoms with Gasteiger partial charge in [0.2, 0.25) is 6.04 Å². The summed E-state index contributed by atoms with van der Waals surface area (Å²) in [6.45, 7) is 3.51. The molecule has 0 amide bonds. The van der Waals surface area contributed by atoms with Gasteiger partial charge in [-0.1, -0.05) is 43.7 Å². The van der Waals surface area contributed by atoms with E-state index >= 15 is 0 Å². The second kappa shape index (κ2) is 7.67. The molecule has 0 saturated heterocycles. The van der Waals surface area contributed by atoms with Crippen LogP contribution in [-0.4, -0.2) is 16.7 Å². The number of hydrogen-bond donors (Lipinski definition) is 0. The molecule has 2 atom stereocenters. The van der Waals surface area contributed by atoms with Gasteiger partial charge in [0.05, 0.1) is 5.92 Å². The molecule has 19 heavy (non-hydrogen) atoms. The molecule has 0 bridgehead atoms. The SMILES string of the molecule is CCCCC([C@H](CC(C)=O)c1ccccc1)[N+](=O)[O-]. The summed E-state index contributed by atoms with van der Waals surface area (Å²) in [5.74, 6) is -0.322. The number of rotatable bonds is 8. The maximum absolute atomic E-state index is 11.4. The first-order chi connectivity index (χ1) is 9.06. The maximum atomic E-state index is 11.4. The van der Waals surface area contributed by atoms with E-state index in [0.29, 0.717) is 6.42 Å². The van der Waals surface area contributed by atoms with Gasteiger partial charge >= 0.3 is 0 Å². The summed E-state index contributed by atoms with van der Waals surface area (Å²) in [6.07, 6.45) is 2.49. The summed E-state index contributed by atoms with van der Waals surface area (Å²) in [7, 11) is 0. The van der Waals surface area contributed by atoms with Crippen molar-refractivity contribution in [2.75, 3.05) is 0 Å². The molecule has 0 N–H and O–H groups in total.